The van der Waals surface area contributed by atoms with E-state index in [9.17, 15) is 19.2 Å². The summed E-state index contributed by atoms with van der Waals surface area (Å²) >= 11 is 0. The minimum Gasteiger partial charge on any atom is -0.328 e. The molecule has 0 saturated carbocycles. The van der Waals surface area contributed by atoms with Crippen molar-refractivity contribution in [3.63, 3.8) is 0 Å². The van der Waals surface area contributed by atoms with Crippen LogP contribution in [-0.2, 0) is 16.0 Å². The van der Waals surface area contributed by atoms with Crippen molar-refractivity contribution in [2.75, 3.05) is 19.6 Å². The Balaban J connectivity index is 1.46. The second kappa shape index (κ2) is 7.44. The van der Waals surface area contributed by atoms with Gasteiger partial charge >= 0.3 is 0 Å². The van der Waals surface area contributed by atoms with Gasteiger partial charge in [-0.15, -0.1) is 0 Å². The first-order valence-electron chi connectivity index (χ1n) is 9.76. The Morgan fingerprint density at radius 3 is 2.43 bits per heavy atom. The number of hydrogen-bond acceptors (Lipinski definition) is 6. The lowest BCUT2D eigenvalue weighted by atomic mass is 10.0. The summed E-state index contributed by atoms with van der Waals surface area (Å²) in [4.78, 5) is 52.4. The number of piperidine rings is 2. The average Bonchev–Trinajstić information content (AvgIpc) is 2.92. The van der Waals surface area contributed by atoms with Crippen LogP contribution in [0.25, 0.3) is 0 Å². The van der Waals surface area contributed by atoms with Crippen LogP contribution in [0, 0.1) is 0 Å². The van der Waals surface area contributed by atoms with E-state index in [0.29, 0.717) is 11.1 Å². The summed E-state index contributed by atoms with van der Waals surface area (Å²) in [5, 5.41) is 2.21. The van der Waals surface area contributed by atoms with E-state index in [1.807, 2.05) is 6.07 Å². The summed E-state index contributed by atoms with van der Waals surface area (Å²) in [6.07, 6.45) is 3.06. The highest BCUT2D eigenvalue weighted by Crippen LogP contribution is 2.28. The fourth-order valence-corrected chi connectivity index (χ4v) is 4.14. The van der Waals surface area contributed by atoms with Crippen LogP contribution in [0.4, 0.5) is 0 Å². The van der Waals surface area contributed by atoms with Gasteiger partial charge in [-0.05, 0) is 56.5 Å². The molecule has 3 heterocycles. The van der Waals surface area contributed by atoms with Gasteiger partial charge in [-0.3, -0.25) is 29.4 Å². The summed E-state index contributed by atoms with van der Waals surface area (Å²) in [6.45, 7) is 2.84. The number of carbonyl (C=O) groups excluding carboxylic acids is 4. The number of imide groups is 2. The number of rotatable bonds is 4. The van der Waals surface area contributed by atoms with Gasteiger partial charge in [0.15, 0.2) is 0 Å². The highest BCUT2D eigenvalue weighted by molar-refractivity contribution is 6.23. The fraction of sp³-hybridized carbons (Fsp3) is 0.500. The number of benzene rings is 1. The maximum atomic E-state index is 12.8. The standard InChI is InChI=1S/C20H24N4O4/c21-13-6-9-23(10-7-13)8-5-12-1-2-14-15(11-12)20(28)24(19(14)27)16-3-4-17(25)22-18(16)26/h1-2,11,13,16H,3-10,21H2,(H,22,25,26). The van der Waals surface area contributed by atoms with Crippen LogP contribution in [0.15, 0.2) is 18.2 Å². The molecule has 0 aromatic heterocycles. The number of nitrogens with two attached hydrogens (primary N) is 1. The molecule has 0 spiro atoms. The molecule has 3 aliphatic rings. The Hall–Kier alpha value is -2.58. The van der Waals surface area contributed by atoms with Gasteiger partial charge in [0.25, 0.3) is 11.8 Å². The van der Waals surface area contributed by atoms with E-state index < -0.39 is 23.8 Å². The molecule has 3 aliphatic heterocycles. The van der Waals surface area contributed by atoms with Gasteiger partial charge in [0.05, 0.1) is 11.1 Å². The van der Waals surface area contributed by atoms with Gasteiger partial charge in [0.2, 0.25) is 11.8 Å². The van der Waals surface area contributed by atoms with Crippen molar-refractivity contribution < 1.29 is 19.2 Å². The molecule has 8 nitrogen and oxygen atoms in total. The van der Waals surface area contributed by atoms with Crippen molar-refractivity contribution in [2.45, 2.75) is 44.2 Å². The molecule has 1 aromatic carbocycles. The Morgan fingerprint density at radius 1 is 1.00 bits per heavy atom. The van der Waals surface area contributed by atoms with E-state index in [1.165, 1.54) is 0 Å². The molecular weight excluding hydrogens is 360 g/mol. The predicted octanol–water partition coefficient (Wildman–Crippen LogP) is 0.0534. The summed E-state index contributed by atoms with van der Waals surface area (Å²) in [5.74, 6) is -1.89. The number of hydrogen-bond donors (Lipinski definition) is 2. The van der Waals surface area contributed by atoms with E-state index >= 15 is 0 Å². The van der Waals surface area contributed by atoms with E-state index in [2.05, 4.69) is 10.2 Å². The monoisotopic (exact) mass is 384 g/mol. The molecular formula is C20H24N4O4. The smallest absolute Gasteiger partial charge is 0.262 e. The number of nitrogens with zero attached hydrogens (tertiary/aromatic N) is 2. The molecule has 8 heteroatoms. The topological polar surface area (TPSA) is 113 Å². The van der Waals surface area contributed by atoms with E-state index in [4.69, 9.17) is 5.73 Å². The van der Waals surface area contributed by atoms with Crippen molar-refractivity contribution in [3.05, 3.63) is 34.9 Å². The van der Waals surface area contributed by atoms with E-state index in [0.717, 1.165) is 49.4 Å². The third-order valence-corrected chi connectivity index (χ3v) is 5.85. The third kappa shape index (κ3) is 3.45. The van der Waals surface area contributed by atoms with Gasteiger partial charge in [-0.1, -0.05) is 6.07 Å². The minimum absolute atomic E-state index is 0.120. The lowest BCUT2D eigenvalue weighted by Crippen LogP contribution is -2.54. The zero-order chi connectivity index (χ0) is 19.8. The van der Waals surface area contributed by atoms with Crippen LogP contribution in [0.2, 0.25) is 0 Å². The molecule has 4 rings (SSSR count). The number of nitrogens with one attached hydrogen (secondary N) is 1. The van der Waals surface area contributed by atoms with Crippen molar-refractivity contribution in [1.29, 1.82) is 0 Å². The Labute approximate surface area is 163 Å². The number of carbonyl (C=O) groups is 4. The summed E-state index contributed by atoms with van der Waals surface area (Å²) < 4.78 is 0. The fourth-order valence-electron chi connectivity index (χ4n) is 4.14. The first-order valence-corrected chi connectivity index (χ1v) is 9.76. The van der Waals surface area contributed by atoms with Crippen LogP contribution in [-0.4, -0.2) is 65.1 Å². The summed E-state index contributed by atoms with van der Waals surface area (Å²) in [7, 11) is 0. The average molecular weight is 384 g/mol. The van der Waals surface area contributed by atoms with Crippen LogP contribution in [0.3, 0.4) is 0 Å². The second-order valence-corrected chi connectivity index (χ2v) is 7.76. The van der Waals surface area contributed by atoms with Crippen molar-refractivity contribution in [2.24, 2.45) is 5.73 Å². The normalized spacial score (nSPS) is 23.9. The minimum atomic E-state index is -0.925. The molecule has 1 atom stereocenters. The molecule has 1 unspecified atom stereocenters. The predicted molar refractivity (Wildman–Crippen MR) is 100 cm³/mol. The van der Waals surface area contributed by atoms with E-state index in [1.54, 1.807) is 12.1 Å². The molecule has 3 N–H and O–H groups in total. The molecule has 4 amide bonds. The van der Waals surface area contributed by atoms with Gasteiger partial charge < -0.3 is 10.6 Å². The van der Waals surface area contributed by atoms with Crippen LogP contribution < -0.4 is 11.1 Å². The largest absolute Gasteiger partial charge is 0.328 e. The molecule has 28 heavy (non-hydrogen) atoms. The van der Waals surface area contributed by atoms with Gasteiger partial charge in [-0.25, -0.2) is 0 Å². The summed E-state index contributed by atoms with van der Waals surface area (Å²) in [6, 6.07) is 4.66. The van der Waals surface area contributed by atoms with Crippen LogP contribution in [0.5, 0.6) is 0 Å². The first-order chi connectivity index (χ1) is 13.4. The molecule has 2 saturated heterocycles. The Kier molecular flexibility index (Phi) is 4.99. The van der Waals surface area contributed by atoms with Gasteiger partial charge in [0.1, 0.15) is 6.04 Å². The SMILES string of the molecule is NC1CCN(CCc2ccc3c(c2)C(=O)N(C2CCC(=O)NC2=O)C3=O)CC1. The molecule has 2 fully saturated rings. The zero-order valence-electron chi connectivity index (χ0n) is 15.6. The van der Waals surface area contributed by atoms with Crippen LogP contribution in [0.1, 0.15) is 52.0 Å². The highest BCUT2D eigenvalue weighted by atomic mass is 16.2. The maximum Gasteiger partial charge on any atom is 0.262 e. The van der Waals surface area contributed by atoms with Gasteiger partial charge in [0, 0.05) is 19.0 Å². The molecule has 0 bridgehead atoms. The molecule has 0 radical (unpaired) electrons. The number of likely N-dealkylation sites (tertiary alicyclic amines) is 1. The van der Waals surface area contributed by atoms with E-state index in [-0.39, 0.29) is 24.8 Å². The zero-order valence-corrected chi connectivity index (χ0v) is 15.6. The maximum absolute atomic E-state index is 12.8. The second-order valence-electron chi connectivity index (χ2n) is 7.76. The Bertz CT molecular complexity index is 845. The lowest BCUT2D eigenvalue weighted by Gasteiger charge is -2.30. The Morgan fingerprint density at radius 2 is 1.71 bits per heavy atom. The summed E-state index contributed by atoms with van der Waals surface area (Å²) in [5.41, 5.74) is 7.59. The molecule has 1 aromatic rings. The van der Waals surface area contributed by atoms with Crippen molar-refractivity contribution in [1.82, 2.24) is 15.1 Å². The van der Waals surface area contributed by atoms with Crippen molar-refractivity contribution in [3.8, 4) is 0 Å². The highest BCUT2D eigenvalue weighted by Gasteiger charge is 2.44. The lowest BCUT2D eigenvalue weighted by molar-refractivity contribution is -0.136. The third-order valence-electron chi connectivity index (χ3n) is 5.85. The first kappa shape index (κ1) is 18.8. The molecule has 0 aliphatic carbocycles. The van der Waals surface area contributed by atoms with Crippen LogP contribution >= 0.6 is 0 Å². The number of fused-ring (bicyclic) bond motifs is 1. The quantitative estimate of drug-likeness (QED) is 0.710. The number of amides is 4. The van der Waals surface area contributed by atoms with Crippen molar-refractivity contribution >= 4 is 23.6 Å². The van der Waals surface area contributed by atoms with Gasteiger partial charge in [-0.2, -0.15) is 0 Å². The molecule has 148 valence electrons.